The lowest BCUT2D eigenvalue weighted by Crippen LogP contribution is -1.99. The van der Waals surface area contributed by atoms with Crippen LogP contribution in [0.15, 0.2) is 18.2 Å². The molecule has 0 radical (unpaired) electrons. The van der Waals surface area contributed by atoms with E-state index in [2.05, 4.69) is 18.9 Å². The standard InChI is InChI=1S/C15H19N3O3/c1-9(2)12-7-6-10(3)13(8-12)21-15-14(18(19)20)11(4)16-17(15)5/h6-9H,1-5H3. The van der Waals surface area contributed by atoms with E-state index in [0.29, 0.717) is 17.4 Å². The minimum Gasteiger partial charge on any atom is -0.434 e. The van der Waals surface area contributed by atoms with E-state index in [1.165, 1.54) is 4.68 Å². The number of nitro groups is 1. The highest BCUT2D eigenvalue weighted by atomic mass is 16.6. The van der Waals surface area contributed by atoms with Crippen LogP contribution in [0.25, 0.3) is 0 Å². The van der Waals surface area contributed by atoms with Crippen molar-refractivity contribution in [1.29, 1.82) is 0 Å². The van der Waals surface area contributed by atoms with Gasteiger partial charge in [-0.25, -0.2) is 4.68 Å². The van der Waals surface area contributed by atoms with E-state index < -0.39 is 4.92 Å². The van der Waals surface area contributed by atoms with Crippen molar-refractivity contribution in [2.24, 2.45) is 7.05 Å². The van der Waals surface area contributed by atoms with Gasteiger partial charge >= 0.3 is 5.69 Å². The Morgan fingerprint density at radius 3 is 2.57 bits per heavy atom. The summed E-state index contributed by atoms with van der Waals surface area (Å²) in [6.07, 6.45) is 0. The Hall–Kier alpha value is -2.37. The van der Waals surface area contributed by atoms with E-state index in [1.807, 2.05) is 25.1 Å². The van der Waals surface area contributed by atoms with Gasteiger partial charge in [0.25, 0.3) is 5.88 Å². The molecule has 0 aliphatic rings. The minimum absolute atomic E-state index is 0.0909. The quantitative estimate of drug-likeness (QED) is 0.633. The van der Waals surface area contributed by atoms with E-state index >= 15 is 0 Å². The van der Waals surface area contributed by atoms with Crippen molar-refractivity contribution < 1.29 is 9.66 Å². The zero-order valence-corrected chi connectivity index (χ0v) is 12.9. The number of aryl methyl sites for hydroxylation is 3. The summed E-state index contributed by atoms with van der Waals surface area (Å²) in [5.74, 6) is 1.13. The summed E-state index contributed by atoms with van der Waals surface area (Å²) in [6.45, 7) is 7.69. The van der Waals surface area contributed by atoms with Crippen LogP contribution in [0, 0.1) is 24.0 Å². The van der Waals surface area contributed by atoms with Gasteiger partial charge in [0.2, 0.25) is 0 Å². The Bertz CT molecular complexity index is 690. The van der Waals surface area contributed by atoms with Crippen LogP contribution < -0.4 is 4.74 Å². The summed E-state index contributed by atoms with van der Waals surface area (Å²) in [7, 11) is 1.64. The van der Waals surface area contributed by atoms with Crippen molar-refractivity contribution in [3.63, 3.8) is 0 Å². The molecule has 2 aromatic rings. The van der Waals surface area contributed by atoms with Crippen LogP contribution in [-0.2, 0) is 7.05 Å². The fraction of sp³-hybridized carbons (Fsp3) is 0.400. The highest BCUT2D eigenvalue weighted by Gasteiger charge is 2.26. The summed E-state index contributed by atoms with van der Waals surface area (Å²) in [6, 6.07) is 5.92. The first kappa shape index (κ1) is 15.0. The Balaban J connectivity index is 2.48. The molecule has 0 spiro atoms. The molecule has 21 heavy (non-hydrogen) atoms. The maximum Gasteiger partial charge on any atom is 0.353 e. The van der Waals surface area contributed by atoms with Crippen LogP contribution in [0.1, 0.15) is 36.6 Å². The number of hydrogen-bond donors (Lipinski definition) is 0. The molecule has 0 aliphatic heterocycles. The zero-order chi connectivity index (χ0) is 15.7. The molecule has 0 aliphatic carbocycles. The molecule has 6 nitrogen and oxygen atoms in total. The number of rotatable bonds is 4. The molecule has 0 atom stereocenters. The smallest absolute Gasteiger partial charge is 0.353 e. The molecule has 1 heterocycles. The molecule has 0 unspecified atom stereocenters. The lowest BCUT2D eigenvalue weighted by molar-refractivity contribution is -0.386. The van der Waals surface area contributed by atoms with Crippen LogP contribution >= 0.6 is 0 Å². The Morgan fingerprint density at radius 2 is 2.00 bits per heavy atom. The van der Waals surface area contributed by atoms with E-state index in [-0.39, 0.29) is 11.6 Å². The molecule has 0 N–H and O–H groups in total. The third-order valence-corrected chi connectivity index (χ3v) is 3.41. The molecule has 1 aromatic carbocycles. The van der Waals surface area contributed by atoms with E-state index in [4.69, 9.17) is 4.74 Å². The maximum atomic E-state index is 11.2. The average molecular weight is 289 g/mol. The van der Waals surface area contributed by atoms with E-state index in [1.54, 1.807) is 14.0 Å². The van der Waals surface area contributed by atoms with Crippen LogP contribution in [0.3, 0.4) is 0 Å². The molecular weight excluding hydrogens is 270 g/mol. The largest absolute Gasteiger partial charge is 0.434 e. The molecule has 0 amide bonds. The normalized spacial score (nSPS) is 11.0. The predicted octanol–water partition coefficient (Wildman–Crippen LogP) is 3.86. The Labute approximate surface area is 123 Å². The molecule has 6 heteroatoms. The van der Waals surface area contributed by atoms with Crippen LogP contribution in [0.4, 0.5) is 5.69 Å². The number of aromatic nitrogens is 2. The Morgan fingerprint density at radius 1 is 1.33 bits per heavy atom. The summed E-state index contributed by atoms with van der Waals surface area (Å²) in [5.41, 5.74) is 2.30. The SMILES string of the molecule is Cc1ccc(C(C)C)cc1Oc1c([N+](=O)[O-])c(C)nn1C. The van der Waals surface area contributed by atoms with E-state index in [9.17, 15) is 10.1 Å². The van der Waals surface area contributed by atoms with Gasteiger partial charge in [-0.2, -0.15) is 5.10 Å². The first-order valence-electron chi connectivity index (χ1n) is 6.77. The fourth-order valence-electron chi connectivity index (χ4n) is 2.14. The van der Waals surface area contributed by atoms with Gasteiger partial charge in [0.1, 0.15) is 11.4 Å². The van der Waals surface area contributed by atoms with Gasteiger partial charge in [-0.15, -0.1) is 0 Å². The molecule has 2 rings (SSSR count). The monoisotopic (exact) mass is 289 g/mol. The van der Waals surface area contributed by atoms with Crippen molar-refractivity contribution in [2.45, 2.75) is 33.6 Å². The topological polar surface area (TPSA) is 70.2 Å². The van der Waals surface area contributed by atoms with Crippen molar-refractivity contribution in [1.82, 2.24) is 9.78 Å². The highest BCUT2D eigenvalue weighted by Crippen LogP contribution is 2.35. The first-order valence-corrected chi connectivity index (χ1v) is 6.77. The highest BCUT2D eigenvalue weighted by molar-refractivity contribution is 5.49. The second-order valence-corrected chi connectivity index (χ2v) is 5.40. The first-order chi connectivity index (χ1) is 9.81. The summed E-state index contributed by atoms with van der Waals surface area (Å²) >= 11 is 0. The minimum atomic E-state index is -0.459. The van der Waals surface area contributed by atoms with Crippen molar-refractivity contribution in [3.8, 4) is 11.6 Å². The summed E-state index contributed by atoms with van der Waals surface area (Å²) in [5, 5.41) is 15.2. The number of hydrogen-bond acceptors (Lipinski definition) is 4. The molecule has 0 saturated carbocycles. The van der Waals surface area contributed by atoms with Crippen molar-refractivity contribution in [2.75, 3.05) is 0 Å². The second kappa shape index (κ2) is 5.55. The number of benzene rings is 1. The number of nitrogens with zero attached hydrogens (tertiary/aromatic N) is 3. The van der Waals surface area contributed by atoms with Gasteiger partial charge in [0, 0.05) is 7.05 Å². The maximum absolute atomic E-state index is 11.2. The van der Waals surface area contributed by atoms with Crippen LogP contribution in [0.2, 0.25) is 0 Å². The van der Waals surface area contributed by atoms with E-state index in [0.717, 1.165) is 11.1 Å². The van der Waals surface area contributed by atoms with Gasteiger partial charge in [-0.3, -0.25) is 10.1 Å². The van der Waals surface area contributed by atoms with Crippen LogP contribution in [-0.4, -0.2) is 14.7 Å². The average Bonchev–Trinajstić information content (AvgIpc) is 2.66. The van der Waals surface area contributed by atoms with Crippen LogP contribution in [0.5, 0.6) is 11.6 Å². The van der Waals surface area contributed by atoms with Gasteiger partial charge in [0.05, 0.1) is 4.92 Å². The van der Waals surface area contributed by atoms with Gasteiger partial charge in [-0.1, -0.05) is 26.0 Å². The lowest BCUT2D eigenvalue weighted by Gasteiger charge is -2.12. The molecule has 0 saturated heterocycles. The van der Waals surface area contributed by atoms with Gasteiger partial charge < -0.3 is 4.74 Å². The molecule has 0 fully saturated rings. The molecule has 1 aromatic heterocycles. The van der Waals surface area contributed by atoms with Gasteiger partial charge in [0.15, 0.2) is 0 Å². The third-order valence-electron chi connectivity index (χ3n) is 3.41. The van der Waals surface area contributed by atoms with Crippen molar-refractivity contribution in [3.05, 3.63) is 45.1 Å². The second-order valence-electron chi connectivity index (χ2n) is 5.40. The molecule has 0 bridgehead atoms. The van der Waals surface area contributed by atoms with Crippen molar-refractivity contribution >= 4 is 5.69 Å². The Kier molecular flexibility index (Phi) is 3.97. The predicted molar refractivity (Wildman–Crippen MR) is 79.9 cm³/mol. The zero-order valence-electron chi connectivity index (χ0n) is 12.9. The van der Waals surface area contributed by atoms with Gasteiger partial charge in [-0.05, 0) is 37.0 Å². The summed E-state index contributed by atoms with van der Waals surface area (Å²) < 4.78 is 7.20. The molecular formula is C15H19N3O3. The molecule has 112 valence electrons. The summed E-state index contributed by atoms with van der Waals surface area (Å²) in [4.78, 5) is 10.7. The fourth-order valence-corrected chi connectivity index (χ4v) is 2.14. The lowest BCUT2D eigenvalue weighted by atomic mass is 10.0. The number of ether oxygens (including phenoxy) is 1. The third kappa shape index (κ3) is 2.89.